The van der Waals surface area contributed by atoms with Gasteiger partial charge in [-0.3, -0.25) is 4.79 Å². The topological polar surface area (TPSA) is 171 Å². The fourth-order valence-corrected chi connectivity index (χ4v) is 2.47. The van der Waals surface area contributed by atoms with Gasteiger partial charge in [-0.1, -0.05) is 16.8 Å². The predicted molar refractivity (Wildman–Crippen MR) is 98.9 cm³/mol. The second kappa shape index (κ2) is 7.41. The normalized spacial score (nSPS) is 11.8. The van der Waals surface area contributed by atoms with Crippen molar-refractivity contribution in [1.82, 2.24) is 30.4 Å². The Hall–Kier alpha value is -3.47. The molecule has 0 radical (unpaired) electrons. The van der Waals surface area contributed by atoms with Crippen LogP contribution < -0.4 is 16.4 Å². The number of nitrogen functional groups attached to an aromatic ring is 1. The largest absolute Gasteiger partial charge is 0.382 e. The third-order valence-electron chi connectivity index (χ3n) is 3.69. The van der Waals surface area contributed by atoms with E-state index < -0.39 is 11.9 Å². The molecule has 6 N–H and O–H groups in total. The summed E-state index contributed by atoms with van der Waals surface area (Å²) in [5.41, 5.74) is 6.49. The number of hydrogen-bond donors (Lipinski definition) is 5. The summed E-state index contributed by atoms with van der Waals surface area (Å²) in [5, 5.41) is 16.9. The van der Waals surface area contributed by atoms with Gasteiger partial charge in [-0.05, 0) is 6.92 Å². The molecule has 1 atom stereocenters. The molecule has 3 heterocycles. The number of nitrogens with zero attached hydrogens (tertiary/aromatic N) is 4. The number of halogens is 1. The molecule has 1 amide bonds. The van der Waals surface area contributed by atoms with Crippen LogP contribution in [0.4, 0.5) is 11.6 Å². The molecule has 11 nitrogen and oxygen atoms in total. The minimum absolute atomic E-state index is 0.0187. The van der Waals surface area contributed by atoms with Crippen LogP contribution >= 0.6 is 11.6 Å². The predicted octanol–water partition coefficient (Wildman–Crippen LogP) is 1.62. The number of imidazole rings is 1. The van der Waals surface area contributed by atoms with Crippen molar-refractivity contribution in [1.29, 1.82) is 5.41 Å². The highest BCUT2D eigenvalue weighted by Crippen LogP contribution is 2.24. The number of nitrogens with two attached hydrogens (primary N) is 1. The van der Waals surface area contributed by atoms with Crippen LogP contribution in [-0.4, -0.2) is 44.3 Å². The van der Waals surface area contributed by atoms with Crippen LogP contribution in [0.3, 0.4) is 0 Å². The smallest absolute Gasteiger partial charge is 0.272 e. The van der Waals surface area contributed by atoms with E-state index in [1.807, 2.05) is 0 Å². The Morgan fingerprint density at radius 1 is 1.48 bits per heavy atom. The second-order valence-electron chi connectivity index (χ2n) is 5.47. The van der Waals surface area contributed by atoms with Gasteiger partial charge >= 0.3 is 0 Å². The third kappa shape index (κ3) is 3.58. The van der Waals surface area contributed by atoms with E-state index >= 15 is 0 Å². The number of anilines is 2. The molecule has 27 heavy (non-hydrogen) atoms. The second-order valence-corrected chi connectivity index (χ2v) is 5.85. The Bertz CT molecular complexity index is 997. The van der Waals surface area contributed by atoms with Crippen molar-refractivity contribution in [2.45, 2.75) is 13.0 Å². The number of carbonyl (C=O) groups is 1. The number of carbonyl (C=O) groups excluding carboxylic acids is 1. The van der Waals surface area contributed by atoms with Crippen molar-refractivity contribution in [3.05, 3.63) is 34.6 Å². The highest BCUT2D eigenvalue weighted by molar-refractivity contribution is 6.35. The first-order valence-corrected chi connectivity index (χ1v) is 8.14. The maximum Gasteiger partial charge on any atom is 0.272 e. The number of H-pyrrole nitrogens is 1. The lowest BCUT2D eigenvalue weighted by molar-refractivity contribution is 0.0929. The average Bonchev–Trinajstić information content (AvgIpc) is 3.30. The highest BCUT2D eigenvalue weighted by Gasteiger charge is 2.21. The van der Waals surface area contributed by atoms with Crippen LogP contribution in [-0.2, 0) is 0 Å². The maximum absolute atomic E-state index is 12.3. The molecule has 3 rings (SSSR count). The molecule has 12 heteroatoms. The van der Waals surface area contributed by atoms with Gasteiger partial charge in [0.25, 0.3) is 5.91 Å². The minimum atomic E-state index is -0.527. The molecule has 0 spiro atoms. The van der Waals surface area contributed by atoms with Crippen molar-refractivity contribution < 1.29 is 9.32 Å². The summed E-state index contributed by atoms with van der Waals surface area (Å²) < 4.78 is 5.30. The van der Waals surface area contributed by atoms with Gasteiger partial charge in [0.15, 0.2) is 23.1 Å². The Balaban J connectivity index is 1.78. The molecule has 3 aromatic rings. The van der Waals surface area contributed by atoms with E-state index in [1.54, 1.807) is 20.0 Å². The SMILES string of the molecule is CNc1nc(-c2cc([C@@H](C)NC(=O)c3ncnc(N)c3Cl)on2)[nH]c1C=N. The number of rotatable bonds is 6. The fraction of sp³-hybridized carbons (Fsp3) is 0.200. The quantitative estimate of drug-likeness (QED) is 0.395. The molecular formula is C15H16ClN9O2. The summed E-state index contributed by atoms with van der Waals surface area (Å²) in [6.45, 7) is 1.71. The van der Waals surface area contributed by atoms with Crippen LogP contribution in [0.25, 0.3) is 11.5 Å². The van der Waals surface area contributed by atoms with Gasteiger partial charge in [0.05, 0.1) is 6.04 Å². The molecule has 0 aliphatic carbocycles. The maximum atomic E-state index is 12.3. The summed E-state index contributed by atoms with van der Waals surface area (Å²) in [7, 11) is 1.70. The average molecular weight is 390 g/mol. The molecule has 0 unspecified atom stereocenters. The summed E-state index contributed by atoms with van der Waals surface area (Å²) >= 11 is 5.96. The molecule has 3 aromatic heterocycles. The number of hydrogen-bond acceptors (Lipinski definition) is 9. The van der Waals surface area contributed by atoms with Crippen LogP contribution in [0.5, 0.6) is 0 Å². The third-order valence-corrected chi connectivity index (χ3v) is 4.06. The molecule has 0 bridgehead atoms. The standard InChI is InChI=1S/C15H16ClN9O2/c1-6(22-15(26)11-10(16)12(18)21-5-20-11)9-3-7(25-27-9)14-23-8(4-17)13(19-2)24-14/h3-6,17,19H,1-2H3,(H,22,26)(H,23,24)(H2,18,20,21)/t6-/m1/s1. The first kappa shape index (κ1) is 18.3. The summed E-state index contributed by atoms with van der Waals surface area (Å²) in [6, 6.07) is 1.11. The van der Waals surface area contributed by atoms with Gasteiger partial charge in [-0.25, -0.2) is 15.0 Å². The van der Waals surface area contributed by atoms with E-state index in [4.69, 9.17) is 27.3 Å². The van der Waals surface area contributed by atoms with Crippen molar-refractivity contribution in [2.75, 3.05) is 18.1 Å². The van der Waals surface area contributed by atoms with Gasteiger partial charge in [-0.2, -0.15) is 0 Å². The Kier molecular flexibility index (Phi) is 5.03. The van der Waals surface area contributed by atoms with Crippen molar-refractivity contribution >= 4 is 35.4 Å². The first-order valence-electron chi connectivity index (χ1n) is 7.76. The van der Waals surface area contributed by atoms with Crippen LogP contribution in [0.1, 0.15) is 34.9 Å². The molecule has 0 saturated carbocycles. The Labute approximate surface area is 158 Å². The van der Waals surface area contributed by atoms with E-state index in [2.05, 4.69) is 35.7 Å². The van der Waals surface area contributed by atoms with Gasteiger partial charge in [0.2, 0.25) is 0 Å². The first-order chi connectivity index (χ1) is 12.9. The summed E-state index contributed by atoms with van der Waals surface area (Å²) in [5.74, 6) is 0.836. The van der Waals surface area contributed by atoms with Gasteiger partial charge in [0.1, 0.15) is 28.6 Å². The van der Waals surface area contributed by atoms with Gasteiger partial charge < -0.3 is 31.3 Å². The van der Waals surface area contributed by atoms with Gasteiger partial charge in [-0.15, -0.1) is 0 Å². The van der Waals surface area contributed by atoms with Crippen molar-refractivity contribution in [3.63, 3.8) is 0 Å². The van der Waals surface area contributed by atoms with E-state index in [1.165, 1.54) is 0 Å². The van der Waals surface area contributed by atoms with E-state index in [-0.39, 0.29) is 16.5 Å². The molecular weight excluding hydrogens is 374 g/mol. The Morgan fingerprint density at radius 3 is 2.93 bits per heavy atom. The van der Waals surface area contributed by atoms with Crippen LogP contribution in [0, 0.1) is 5.41 Å². The van der Waals surface area contributed by atoms with E-state index in [0.717, 1.165) is 12.5 Å². The van der Waals surface area contributed by atoms with Crippen molar-refractivity contribution in [2.24, 2.45) is 0 Å². The van der Waals surface area contributed by atoms with Crippen LogP contribution in [0.15, 0.2) is 16.9 Å². The zero-order valence-electron chi connectivity index (χ0n) is 14.4. The number of amides is 1. The van der Waals surface area contributed by atoms with E-state index in [0.29, 0.717) is 28.8 Å². The Morgan fingerprint density at radius 2 is 2.26 bits per heavy atom. The molecule has 140 valence electrons. The molecule has 0 aliphatic heterocycles. The fourth-order valence-electron chi connectivity index (χ4n) is 2.29. The summed E-state index contributed by atoms with van der Waals surface area (Å²) in [6.07, 6.45) is 2.30. The molecule has 0 saturated heterocycles. The summed E-state index contributed by atoms with van der Waals surface area (Å²) in [4.78, 5) is 27.2. The zero-order valence-corrected chi connectivity index (χ0v) is 15.1. The lowest BCUT2D eigenvalue weighted by Crippen LogP contribution is -2.27. The van der Waals surface area contributed by atoms with Gasteiger partial charge in [0, 0.05) is 19.3 Å². The molecule has 0 aliphatic rings. The van der Waals surface area contributed by atoms with Crippen LogP contribution in [0.2, 0.25) is 5.02 Å². The van der Waals surface area contributed by atoms with E-state index in [9.17, 15) is 4.79 Å². The monoisotopic (exact) mass is 389 g/mol. The number of nitrogens with one attached hydrogen (secondary N) is 4. The lowest BCUT2D eigenvalue weighted by Gasteiger charge is -2.11. The molecule has 0 aromatic carbocycles. The van der Waals surface area contributed by atoms with Crippen molar-refractivity contribution in [3.8, 4) is 11.5 Å². The number of aromatic amines is 1. The minimum Gasteiger partial charge on any atom is -0.382 e. The highest BCUT2D eigenvalue weighted by atomic mass is 35.5. The number of aromatic nitrogens is 5. The lowest BCUT2D eigenvalue weighted by atomic mass is 10.2. The zero-order chi connectivity index (χ0) is 19.6. The molecule has 0 fully saturated rings.